The van der Waals surface area contributed by atoms with Crippen molar-refractivity contribution in [1.82, 2.24) is 10.2 Å². The highest BCUT2D eigenvalue weighted by Gasteiger charge is 2.12. The van der Waals surface area contributed by atoms with Gasteiger partial charge in [0.2, 0.25) is 0 Å². The first-order valence-electron chi connectivity index (χ1n) is 5.76. The lowest BCUT2D eigenvalue weighted by Gasteiger charge is -2.23. The Balaban J connectivity index is 2.66. The van der Waals surface area contributed by atoms with E-state index in [0.717, 1.165) is 21.6 Å². The fourth-order valence-corrected chi connectivity index (χ4v) is 2.81. The van der Waals surface area contributed by atoms with E-state index in [-0.39, 0.29) is 6.04 Å². The van der Waals surface area contributed by atoms with Gasteiger partial charge in [-0.05, 0) is 45.6 Å². The third-order valence-corrected chi connectivity index (χ3v) is 3.42. The Morgan fingerprint density at radius 2 is 2.00 bits per heavy atom. The second-order valence-electron chi connectivity index (χ2n) is 4.72. The average molecular weight is 320 g/mol. The molecule has 0 heterocycles. The van der Waals surface area contributed by atoms with Crippen molar-refractivity contribution in [2.45, 2.75) is 25.9 Å². The summed E-state index contributed by atoms with van der Waals surface area (Å²) >= 11 is 9.65. The third-order valence-electron chi connectivity index (χ3n) is 2.60. The molecule has 2 atom stereocenters. The lowest BCUT2D eigenvalue weighted by Crippen LogP contribution is -2.37. The third kappa shape index (κ3) is 4.96. The van der Waals surface area contributed by atoms with Crippen molar-refractivity contribution in [2.24, 2.45) is 0 Å². The minimum absolute atomic E-state index is 0.255. The zero-order chi connectivity index (χ0) is 13.0. The normalized spacial score (nSPS) is 15.0. The van der Waals surface area contributed by atoms with Crippen molar-refractivity contribution in [3.8, 4) is 0 Å². The second kappa shape index (κ2) is 6.74. The smallest absolute Gasteiger partial charge is 0.0464 e. The van der Waals surface area contributed by atoms with Gasteiger partial charge in [0.1, 0.15) is 0 Å². The Kier molecular flexibility index (Phi) is 5.93. The van der Waals surface area contributed by atoms with Crippen molar-refractivity contribution in [2.75, 3.05) is 20.6 Å². The van der Waals surface area contributed by atoms with Crippen molar-refractivity contribution in [1.29, 1.82) is 0 Å². The molecule has 0 saturated heterocycles. The first-order valence-corrected chi connectivity index (χ1v) is 6.93. The predicted octanol–water partition coefficient (Wildman–Crippen LogP) is 3.70. The number of halogens is 2. The van der Waals surface area contributed by atoms with Gasteiger partial charge in [0.05, 0.1) is 0 Å². The summed E-state index contributed by atoms with van der Waals surface area (Å²) in [5.74, 6) is 0. The summed E-state index contributed by atoms with van der Waals surface area (Å²) in [5, 5.41) is 4.35. The maximum atomic E-state index is 6.23. The molecule has 0 saturated carbocycles. The summed E-state index contributed by atoms with van der Waals surface area (Å²) in [6.07, 6.45) is 0. The molecule has 0 aliphatic carbocycles. The van der Waals surface area contributed by atoms with Gasteiger partial charge in [-0.3, -0.25) is 0 Å². The lowest BCUT2D eigenvalue weighted by molar-refractivity contribution is 0.334. The molecule has 2 nitrogen and oxygen atoms in total. The van der Waals surface area contributed by atoms with Crippen LogP contribution in [0.25, 0.3) is 0 Å². The zero-order valence-corrected chi connectivity index (χ0v) is 13.1. The molecular weight excluding hydrogens is 300 g/mol. The number of hydrogen-bond donors (Lipinski definition) is 1. The Hall–Kier alpha value is -0.0900. The summed E-state index contributed by atoms with van der Waals surface area (Å²) in [7, 11) is 4.16. The van der Waals surface area contributed by atoms with Crippen LogP contribution in [0.3, 0.4) is 0 Å². The van der Waals surface area contributed by atoms with Crippen LogP contribution >= 0.6 is 27.5 Å². The molecule has 0 amide bonds. The van der Waals surface area contributed by atoms with Crippen LogP contribution in [-0.4, -0.2) is 31.6 Å². The van der Waals surface area contributed by atoms with Gasteiger partial charge >= 0.3 is 0 Å². The van der Waals surface area contributed by atoms with Gasteiger partial charge in [-0.15, -0.1) is 0 Å². The summed E-state index contributed by atoms with van der Waals surface area (Å²) < 4.78 is 1.01. The first-order chi connectivity index (χ1) is 7.90. The standard InChI is InChI=1S/C13H20BrClN2/c1-9(8-17(3)4)16-10(2)12-6-5-11(14)7-13(12)15/h5-7,9-10,16H,8H2,1-4H3. The van der Waals surface area contributed by atoms with Gasteiger partial charge in [0, 0.05) is 28.1 Å². The largest absolute Gasteiger partial charge is 0.308 e. The maximum Gasteiger partial charge on any atom is 0.0464 e. The van der Waals surface area contributed by atoms with Gasteiger partial charge in [-0.25, -0.2) is 0 Å². The van der Waals surface area contributed by atoms with Crippen LogP contribution in [0.4, 0.5) is 0 Å². The summed E-state index contributed by atoms with van der Waals surface area (Å²) in [5.41, 5.74) is 1.14. The van der Waals surface area contributed by atoms with Crippen molar-refractivity contribution < 1.29 is 0 Å². The molecule has 1 N–H and O–H groups in total. The highest BCUT2D eigenvalue weighted by atomic mass is 79.9. The molecular formula is C13H20BrClN2. The molecule has 17 heavy (non-hydrogen) atoms. The van der Waals surface area contributed by atoms with Gasteiger partial charge < -0.3 is 10.2 Å². The van der Waals surface area contributed by atoms with Crippen LogP contribution in [0, 0.1) is 0 Å². The quantitative estimate of drug-likeness (QED) is 0.890. The van der Waals surface area contributed by atoms with E-state index in [1.807, 2.05) is 12.1 Å². The van der Waals surface area contributed by atoms with E-state index in [1.165, 1.54) is 0 Å². The summed E-state index contributed by atoms with van der Waals surface area (Å²) in [6.45, 7) is 5.34. The molecule has 0 fully saturated rings. The van der Waals surface area contributed by atoms with Crippen molar-refractivity contribution in [3.63, 3.8) is 0 Å². The first kappa shape index (κ1) is 15.0. The fraction of sp³-hybridized carbons (Fsp3) is 0.538. The Bertz CT molecular complexity index is 368. The molecule has 1 aromatic carbocycles. The summed E-state index contributed by atoms with van der Waals surface area (Å²) in [6, 6.07) is 6.71. The highest BCUT2D eigenvalue weighted by molar-refractivity contribution is 9.10. The fourth-order valence-electron chi connectivity index (χ4n) is 1.97. The molecule has 0 bridgehead atoms. The molecule has 2 unspecified atom stereocenters. The van der Waals surface area contributed by atoms with E-state index >= 15 is 0 Å². The molecule has 0 aliphatic heterocycles. The van der Waals surface area contributed by atoms with E-state index in [4.69, 9.17) is 11.6 Å². The molecule has 4 heteroatoms. The number of hydrogen-bond acceptors (Lipinski definition) is 2. The lowest BCUT2D eigenvalue weighted by atomic mass is 10.1. The topological polar surface area (TPSA) is 15.3 Å². The van der Waals surface area contributed by atoms with Gasteiger partial charge in [-0.2, -0.15) is 0 Å². The van der Waals surface area contributed by atoms with Crippen LogP contribution < -0.4 is 5.32 Å². The van der Waals surface area contributed by atoms with Gasteiger partial charge in [0.25, 0.3) is 0 Å². The molecule has 0 radical (unpaired) electrons. The van der Waals surface area contributed by atoms with E-state index in [9.17, 15) is 0 Å². The van der Waals surface area contributed by atoms with Crippen LogP contribution in [-0.2, 0) is 0 Å². The molecule has 0 spiro atoms. The highest BCUT2D eigenvalue weighted by Crippen LogP contribution is 2.26. The minimum atomic E-state index is 0.255. The van der Waals surface area contributed by atoms with Crippen LogP contribution in [0.1, 0.15) is 25.5 Å². The molecule has 0 aliphatic rings. The monoisotopic (exact) mass is 318 g/mol. The van der Waals surface area contributed by atoms with E-state index in [0.29, 0.717) is 6.04 Å². The number of rotatable bonds is 5. The van der Waals surface area contributed by atoms with Crippen molar-refractivity contribution >= 4 is 27.5 Å². The molecule has 96 valence electrons. The number of likely N-dealkylation sites (N-methyl/N-ethyl adjacent to an activating group) is 1. The Labute approximate surface area is 117 Å². The second-order valence-corrected chi connectivity index (χ2v) is 6.04. The summed E-state index contributed by atoms with van der Waals surface area (Å²) in [4.78, 5) is 2.17. The number of benzene rings is 1. The average Bonchev–Trinajstić information content (AvgIpc) is 2.15. The van der Waals surface area contributed by atoms with Crippen molar-refractivity contribution in [3.05, 3.63) is 33.3 Å². The van der Waals surface area contributed by atoms with Crippen LogP contribution in [0.15, 0.2) is 22.7 Å². The molecule has 0 aromatic heterocycles. The number of nitrogens with one attached hydrogen (secondary N) is 1. The van der Waals surface area contributed by atoms with Gasteiger partial charge in [0.15, 0.2) is 0 Å². The van der Waals surface area contributed by atoms with E-state index in [2.05, 4.69) is 60.2 Å². The number of nitrogens with zero attached hydrogens (tertiary/aromatic N) is 1. The zero-order valence-electron chi connectivity index (χ0n) is 10.8. The van der Waals surface area contributed by atoms with E-state index in [1.54, 1.807) is 0 Å². The molecule has 1 aromatic rings. The SMILES string of the molecule is CC(CN(C)C)NC(C)c1ccc(Br)cc1Cl. The minimum Gasteiger partial charge on any atom is -0.308 e. The Morgan fingerprint density at radius 3 is 2.53 bits per heavy atom. The Morgan fingerprint density at radius 1 is 1.35 bits per heavy atom. The maximum absolute atomic E-state index is 6.23. The van der Waals surface area contributed by atoms with Crippen LogP contribution in [0.2, 0.25) is 5.02 Å². The predicted molar refractivity (Wildman–Crippen MR) is 78.7 cm³/mol. The molecule has 1 rings (SSSR count). The van der Waals surface area contributed by atoms with Gasteiger partial charge in [-0.1, -0.05) is 33.6 Å². The van der Waals surface area contributed by atoms with Crippen LogP contribution in [0.5, 0.6) is 0 Å². The van der Waals surface area contributed by atoms with E-state index < -0.39 is 0 Å².